The fourth-order valence-electron chi connectivity index (χ4n) is 1.69. The average molecular weight is 255 g/mol. The highest BCUT2D eigenvalue weighted by Gasteiger charge is 2.33. The summed E-state index contributed by atoms with van der Waals surface area (Å²) < 4.78 is 0. The van der Waals surface area contributed by atoms with Crippen LogP contribution in [0.2, 0.25) is 0 Å². The third kappa shape index (κ3) is 5.84. The van der Waals surface area contributed by atoms with E-state index in [2.05, 4.69) is 6.58 Å². The zero-order chi connectivity index (χ0) is 14.3. The Morgan fingerprint density at radius 2 is 1.94 bits per heavy atom. The van der Waals surface area contributed by atoms with Gasteiger partial charge in [0.25, 0.3) is 0 Å². The molecule has 1 N–H and O–H groups in total. The van der Waals surface area contributed by atoms with Crippen LogP contribution < -0.4 is 0 Å². The van der Waals surface area contributed by atoms with Gasteiger partial charge >= 0.3 is 5.97 Å². The van der Waals surface area contributed by atoms with Crippen molar-refractivity contribution in [3.8, 4) is 0 Å². The van der Waals surface area contributed by atoms with Crippen LogP contribution in [0.1, 0.15) is 40.0 Å². The normalized spacial score (nSPS) is 12.9. The smallest absolute Gasteiger partial charge is 0.307 e. The van der Waals surface area contributed by atoms with Crippen molar-refractivity contribution in [2.24, 2.45) is 11.3 Å². The molecule has 4 nitrogen and oxygen atoms in total. The van der Waals surface area contributed by atoms with Gasteiger partial charge in [0.05, 0.1) is 5.92 Å². The Morgan fingerprint density at radius 1 is 1.39 bits per heavy atom. The molecule has 0 aliphatic rings. The van der Waals surface area contributed by atoms with Gasteiger partial charge in [-0.2, -0.15) is 0 Å². The van der Waals surface area contributed by atoms with E-state index in [9.17, 15) is 9.59 Å². The predicted molar refractivity (Wildman–Crippen MR) is 72.3 cm³/mol. The molecule has 0 heterocycles. The first kappa shape index (κ1) is 16.7. The SMILES string of the molecule is C=CCCCN(C)C(=O)C[C@H](C(=O)O)C(C)(C)C. The third-order valence-electron chi connectivity index (χ3n) is 3.05. The van der Waals surface area contributed by atoms with Gasteiger partial charge in [-0.25, -0.2) is 0 Å². The van der Waals surface area contributed by atoms with Crippen molar-refractivity contribution in [1.29, 1.82) is 0 Å². The second-order valence-electron chi connectivity index (χ2n) is 5.71. The maximum absolute atomic E-state index is 11.9. The van der Waals surface area contributed by atoms with Gasteiger partial charge in [-0.1, -0.05) is 26.8 Å². The summed E-state index contributed by atoms with van der Waals surface area (Å²) in [6.07, 6.45) is 3.59. The topological polar surface area (TPSA) is 57.6 Å². The molecule has 0 aliphatic carbocycles. The van der Waals surface area contributed by atoms with Crippen LogP contribution in [0.4, 0.5) is 0 Å². The quantitative estimate of drug-likeness (QED) is 0.562. The number of hydrogen-bond donors (Lipinski definition) is 1. The highest BCUT2D eigenvalue weighted by Crippen LogP contribution is 2.29. The number of rotatable bonds is 7. The molecule has 0 aliphatic heterocycles. The second kappa shape index (κ2) is 7.19. The van der Waals surface area contributed by atoms with E-state index in [1.165, 1.54) is 0 Å². The molecular formula is C14H25NO3. The van der Waals surface area contributed by atoms with Gasteiger partial charge in [-0.05, 0) is 18.3 Å². The fraction of sp³-hybridized carbons (Fsp3) is 0.714. The number of carbonyl (C=O) groups is 2. The van der Waals surface area contributed by atoms with E-state index in [0.29, 0.717) is 6.54 Å². The Bertz CT molecular complexity index is 305. The van der Waals surface area contributed by atoms with E-state index in [4.69, 9.17) is 5.11 Å². The van der Waals surface area contributed by atoms with Gasteiger partial charge in [0.2, 0.25) is 5.91 Å². The number of amides is 1. The Hall–Kier alpha value is -1.32. The van der Waals surface area contributed by atoms with Gasteiger partial charge < -0.3 is 10.0 Å². The van der Waals surface area contributed by atoms with E-state index in [1.807, 2.05) is 26.8 Å². The molecule has 0 aromatic heterocycles. The number of aliphatic carboxylic acids is 1. The van der Waals surface area contributed by atoms with Crippen LogP contribution >= 0.6 is 0 Å². The van der Waals surface area contributed by atoms with Crippen LogP contribution in [0.3, 0.4) is 0 Å². The number of hydrogen-bond acceptors (Lipinski definition) is 2. The molecule has 0 saturated heterocycles. The van der Waals surface area contributed by atoms with Crippen molar-refractivity contribution >= 4 is 11.9 Å². The van der Waals surface area contributed by atoms with E-state index in [1.54, 1.807) is 11.9 Å². The molecule has 0 bridgehead atoms. The van der Waals surface area contributed by atoms with Gasteiger partial charge in [0.1, 0.15) is 0 Å². The zero-order valence-corrected chi connectivity index (χ0v) is 11.9. The minimum Gasteiger partial charge on any atom is -0.481 e. The Morgan fingerprint density at radius 3 is 2.33 bits per heavy atom. The molecule has 0 spiro atoms. The van der Waals surface area contributed by atoms with Crippen LogP contribution in [-0.4, -0.2) is 35.5 Å². The Kier molecular flexibility index (Phi) is 6.66. The lowest BCUT2D eigenvalue weighted by Crippen LogP contribution is -2.36. The number of allylic oxidation sites excluding steroid dienone is 1. The Balaban J connectivity index is 4.42. The van der Waals surface area contributed by atoms with Crippen molar-refractivity contribution in [3.63, 3.8) is 0 Å². The molecule has 18 heavy (non-hydrogen) atoms. The summed E-state index contributed by atoms with van der Waals surface area (Å²) in [7, 11) is 1.72. The highest BCUT2D eigenvalue weighted by molar-refractivity contribution is 5.82. The largest absolute Gasteiger partial charge is 0.481 e. The molecule has 104 valence electrons. The number of carbonyl (C=O) groups excluding carboxylic acids is 1. The third-order valence-corrected chi connectivity index (χ3v) is 3.05. The highest BCUT2D eigenvalue weighted by atomic mass is 16.4. The number of nitrogens with zero attached hydrogens (tertiary/aromatic N) is 1. The minimum atomic E-state index is -0.907. The van der Waals surface area contributed by atoms with Crippen LogP contribution in [-0.2, 0) is 9.59 Å². The van der Waals surface area contributed by atoms with Crippen LogP contribution in [0.25, 0.3) is 0 Å². The van der Waals surface area contributed by atoms with Crippen molar-refractivity contribution < 1.29 is 14.7 Å². The van der Waals surface area contributed by atoms with Crippen molar-refractivity contribution in [2.75, 3.05) is 13.6 Å². The first-order valence-corrected chi connectivity index (χ1v) is 6.27. The summed E-state index contributed by atoms with van der Waals surface area (Å²) in [6, 6.07) is 0. The van der Waals surface area contributed by atoms with Crippen LogP contribution in [0.15, 0.2) is 12.7 Å². The average Bonchev–Trinajstić information content (AvgIpc) is 2.23. The van der Waals surface area contributed by atoms with Crippen LogP contribution in [0, 0.1) is 11.3 Å². The molecule has 0 aromatic rings. The molecule has 0 fully saturated rings. The molecule has 0 unspecified atom stereocenters. The van der Waals surface area contributed by atoms with Crippen molar-refractivity contribution in [2.45, 2.75) is 40.0 Å². The summed E-state index contributed by atoms with van der Waals surface area (Å²) in [4.78, 5) is 24.7. The van der Waals surface area contributed by atoms with Gasteiger partial charge in [0.15, 0.2) is 0 Å². The second-order valence-corrected chi connectivity index (χ2v) is 5.71. The van der Waals surface area contributed by atoms with E-state index < -0.39 is 17.3 Å². The maximum atomic E-state index is 11.9. The summed E-state index contributed by atoms with van der Waals surface area (Å²) in [5, 5.41) is 9.17. The molecule has 0 aromatic carbocycles. The molecule has 4 heteroatoms. The van der Waals surface area contributed by atoms with Gasteiger partial charge in [-0.3, -0.25) is 9.59 Å². The standard InChI is InChI=1S/C14H25NO3/c1-6-7-8-9-15(5)12(16)10-11(13(17)18)14(2,3)4/h6,11H,1,7-10H2,2-5H3,(H,17,18)/t11-/m1/s1. The number of carboxylic acids is 1. The van der Waals surface area contributed by atoms with Crippen molar-refractivity contribution in [3.05, 3.63) is 12.7 Å². The first-order chi connectivity index (χ1) is 8.20. The predicted octanol–water partition coefficient (Wildman–Crippen LogP) is 2.55. The number of carboxylic acid groups (broad SMARTS) is 1. The fourth-order valence-corrected chi connectivity index (χ4v) is 1.69. The van der Waals surface area contributed by atoms with Gasteiger partial charge in [-0.15, -0.1) is 6.58 Å². The molecule has 0 radical (unpaired) electrons. The monoisotopic (exact) mass is 255 g/mol. The van der Waals surface area contributed by atoms with E-state index in [-0.39, 0.29) is 12.3 Å². The summed E-state index contributed by atoms with van der Waals surface area (Å²) in [5.41, 5.74) is -0.413. The Labute approximate surface area is 110 Å². The lowest BCUT2D eigenvalue weighted by atomic mass is 9.78. The summed E-state index contributed by atoms with van der Waals surface area (Å²) in [6.45, 7) is 9.80. The molecule has 0 saturated carbocycles. The van der Waals surface area contributed by atoms with Crippen LogP contribution in [0.5, 0.6) is 0 Å². The summed E-state index contributed by atoms with van der Waals surface area (Å²) >= 11 is 0. The molecule has 0 rings (SSSR count). The number of unbranched alkanes of at least 4 members (excludes halogenated alkanes) is 1. The molecule has 1 amide bonds. The summed E-state index contributed by atoms with van der Waals surface area (Å²) in [5.74, 6) is -1.66. The van der Waals surface area contributed by atoms with Gasteiger partial charge in [0, 0.05) is 20.0 Å². The first-order valence-electron chi connectivity index (χ1n) is 6.27. The minimum absolute atomic E-state index is 0.0590. The lowest BCUT2D eigenvalue weighted by molar-refractivity contribution is -0.149. The molecule has 1 atom stereocenters. The maximum Gasteiger partial charge on any atom is 0.307 e. The van der Waals surface area contributed by atoms with E-state index >= 15 is 0 Å². The lowest BCUT2D eigenvalue weighted by Gasteiger charge is -2.28. The molecular weight excluding hydrogens is 230 g/mol. The van der Waals surface area contributed by atoms with Crippen molar-refractivity contribution in [1.82, 2.24) is 4.90 Å². The zero-order valence-electron chi connectivity index (χ0n) is 11.9. The van der Waals surface area contributed by atoms with E-state index in [0.717, 1.165) is 12.8 Å².